The van der Waals surface area contributed by atoms with Gasteiger partial charge < -0.3 is 15.4 Å². The lowest BCUT2D eigenvalue weighted by Crippen LogP contribution is -2.28. The van der Waals surface area contributed by atoms with E-state index in [1.807, 2.05) is 6.07 Å². The first-order valence-corrected chi connectivity index (χ1v) is 9.01. The van der Waals surface area contributed by atoms with Crippen molar-refractivity contribution in [3.05, 3.63) is 58.8 Å². The highest BCUT2D eigenvalue weighted by atomic mass is 19.1. The fourth-order valence-corrected chi connectivity index (χ4v) is 3.49. The molecule has 2 N–H and O–H groups in total. The van der Waals surface area contributed by atoms with Crippen LogP contribution in [-0.2, 0) is 13.5 Å². The van der Waals surface area contributed by atoms with Crippen molar-refractivity contribution in [1.82, 2.24) is 19.7 Å². The molecule has 152 valence electrons. The molecule has 0 spiro atoms. The Labute approximate surface area is 176 Å². The van der Waals surface area contributed by atoms with E-state index >= 15 is 0 Å². The molecule has 8 nitrogen and oxygen atoms in total. The Balaban J connectivity index is 2.01. The van der Waals surface area contributed by atoms with Crippen LogP contribution < -0.4 is 10.5 Å². The van der Waals surface area contributed by atoms with Gasteiger partial charge in [-0.05, 0) is 31.2 Å². The van der Waals surface area contributed by atoms with Gasteiger partial charge in [-0.15, -0.1) is 0 Å². The number of nitrogens with zero attached hydrogens (tertiary/aromatic N) is 5. The first-order valence-electron chi connectivity index (χ1n) is 10.5. The number of hydrogen-bond acceptors (Lipinski definition) is 6. The summed E-state index contributed by atoms with van der Waals surface area (Å²) in [5, 5.41) is 13.9. The lowest BCUT2D eigenvalue weighted by molar-refractivity contribution is 0.0778. The largest absolute Gasteiger partial charge is 0.482 e. The van der Waals surface area contributed by atoms with Crippen LogP contribution in [0, 0.1) is 17.1 Å². The molecule has 4 rings (SSSR count). The second-order valence-corrected chi connectivity index (χ2v) is 6.95. The number of nitriles is 1. The highest BCUT2D eigenvalue weighted by Gasteiger charge is 2.26. The average Bonchev–Trinajstić information content (AvgIpc) is 3.12. The van der Waals surface area contributed by atoms with Crippen LogP contribution in [0.25, 0.3) is 11.1 Å². The van der Waals surface area contributed by atoms with E-state index in [1.165, 1.54) is 42.4 Å². The Hall–Kier alpha value is -3.93. The van der Waals surface area contributed by atoms with Gasteiger partial charge in [0.05, 0.1) is 12.2 Å². The summed E-state index contributed by atoms with van der Waals surface area (Å²) in [6.45, 7) is -1.20. The van der Waals surface area contributed by atoms with Gasteiger partial charge in [0.2, 0.25) is 0 Å². The normalized spacial score (nSPS) is 17.8. The summed E-state index contributed by atoms with van der Waals surface area (Å²) in [7, 11) is 1.50. The summed E-state index contributed by atoms with van der Waals surface area (Å²) in [5.74, 6) is -0.826. The van der Waals surface area contributed by atoms with E-state index in [1.54, 1.807) is 6.92 Å². The lowest BCUT2D eigenvalue weighted by Gasteiger charge is -2.23. The van der Waals surface area contributed by atoms with Crippen molar-refractivity contribution in [2.45, 2.75) is 19.6 Å². The number of rotatable bonds is 0. The third kappa shape index (κ3) is 3.12. The van der Waals surface area contributed by atoms with Crippen LogP contribution >= 0.6 is 0 Å². The number of nitrogens with two attached hydrogens (primary N) is 1. The number of carbonyl (C=O) groups excluding carboxylic acids is 1. The second-order valence-electron chi connectivity index (χ2n) is 6.95. The van der Waals surface area contributed by atoms with Gasteiger partial charge in [-0.25, -0.2) is 9.37 Å². The minimum atomic E-state index is -2.73. The van der Waals surface area contributed by atoms with Crippen LogP contribution in [-0.4, -0.2) is 32.6 Å². The molecular weight excluding hydrogens is 387 g/mol. The number of pyridine rings is 1. The summed E-state index contributed by atoms with van der Waals surface area (Å²) in [6.07, 6.45) is 0.603. The number of nitrogen functional groups attached to an aromatic ring is 1. The topological polar surface area (TPSA) is 110 Å². The maximum atomic E-state index is 14.0. The van der Waals surface area contributed by atoms with Crippen molar-refractivity contribution in [2.24, 2.45) is 6.98 Å². The summed E-state index contributed by atoms with van der Waals surface area (Å²) in [6, 6.07) is 7.16. The molecule has 0 aliphatic carbocycles. The smallest absolute Gasteiger partial charge is 0.254 e. The molecule has 0 unspecified atom stereocenters. The molecule has 1 aromatic carbocycles. The van der Waals surface area contributed by atoms with Crippen LogP contribution in [0.1, 0.15) is 44.4 Å². The third-order valence-corrected chi connectivity index (χ3v) is 4.95. The van der Waals surface area contributed by atoms with Gasteiger partial charge >= 0.3 is 0 Å². The molecule has 0 radical (unpaired) electrons. The van der Waals surface area contributed by atoms with Gasteiger partial charge in [-0.2, -0.15) is 10.4 Å². The van der Waals surface area contributed by atoms with Crippen molar-refractivity contribution >= 4 is 11.7 Å². The van der Waals surface area contributed by atoms with Crippen molar-refractivity contribution in [1.29, 1.82) is 5.26 Å². The van der Waals surface area contributed by atoms with Crippen LogP contribution in [0.4, 0.5) is 10.2 Å². The van der Waals surface area contributed by atoms with Crippen molar-refractivity contribution in [3.63, 3.8) is 0 Å². The summed E-state index contributed by atoms with van der Waals surface area (Å²) in [5.41, 5.74) is 7.00. The monoisotopic (exact) mass is 409 g/mol. The van der Waals surface area contributed by atoms with Gasteiger partial charge in [0, 0.05) is 46.6 Å². The molecule has 30 heavy (non-hydrogen) atoms. The zero-order valence-electron chi connectivity index (χ0n) is 19.2. The first kappa shape index (κ1) is 15.9. The highest BCUT2D eigenvalue weighted by molar-refractivity contribution is 5.95. The van der Waals surface area contributed by atoms with E-state index in [0.717, 1.165) is 0 Å². The molecule has 0 fully saturated rings. The van der Waals surface area contributed by atoms with Gasteiger partial charge in [-0.3, -0.25) is 9.48 Å². The number of halogens is 1. The number of carbonyl (C=O) groups is 1. The maximum absolute atomic E-state index is 14.0. The number of aromatic nitrogens is 3. The van der Waals surface area contributed by atoms with Crippen molar-refractivity contribution < 1.29 is 18.0 Å². The lowest BCUT2D eigenvalue weighted by atomic mass is 10.00. The number of fused-ring (bicyclic) bond motifs is 5. The van der Waals surface area contributed by atoms with E-state index in [-0.39, 0.29) is 40.6 Å². The molecule has 0 saturated heterocycles. The Morgan fingerprint density at radius 2 is 2.23 bits per heavy atom. The molecule has 1 aliphatic rings. The van der Waals surface area contributed by atoms with Crippen molar-refractivity contribution in [2.75, 3.05) is 12.8 Å². The molecule has 3 aromatic rings. The van der Waals surface area contributed by atoms with Crippen molar-refractivity contribution in [3.8, 4) is 22.9 Å². The van der Waals surface area contributed by atoms with E-state index in [9.17, 15) is 14.4 Å². The zero-order valence-corrected chi connectivity index (χ0v) is 16.2. The summed E-state index contributed by atoms with van der Waals surface area (Å²) < 4.78 is 43.9. The molecule has 2 aromatic heterocycles. The Kier molecular flexibility index (Phi) is 3.80. The number of ether oxygens (including phenoxy) is 1. The first-order chi connectivity index (χ1) is 15.5. The number of anilines is 1. The standard InChI is InChI=1S/C21H19FN6O2/c1-11-15-7-13(22)4-5-14(15)21(29)27(2)10-16-19(17(8-23)28(3)26-16)12-6-18(30-11)20(24)25-9-12/h4-7,9,11H,10H2,1-3H3,(H2,24,25)/t11-/m1/s1/i3D3. The second kappa shape index (κ2) is 7.15. The van der Waals surface area contributed by atoms with E-state index in [2.05, 4.69) is 10.1 Å². The van der Waals surface area contributed by atoms with Crippen LogP contribution in [0.5, 0.6) is 5.75 Å². The fraction of sp³-hybridized carbons (Fsp3) is 0.238. The van der Waals surface area contributed by atoms with Gasteiger partial charge in [0.25, 0.3) is 5.91 Å². The van der Waals surface area contributed by atoms with E-state index in [4.69, 9.17) is 14.6 Å². The van der Waals surface area contributed by atoms with Gasteiger partial charge in [-0.1, -0.05) is 0 Å². The predicted octanol–water partition coefficient (Wildman–Crippen LogP) is 2.80. The predicted molar refractivity (Wildman–Crippen MR) is 107 cm³/mol. The quantitative estimate of drug-likeness (QED) is 0.611. The van der Waals surface area contributed by atoms with E-state index < -0.39 is 24.8 Å². The van der Waals surface area contributed by atoms with Crippen LogP contribution in [0.15, 0.2) is 30.5 Å². The summed E-state index contributed by atoms with van der Waals surface area (Å²) in [4.78, 5) is 18.7. The van der Waals surface area contributed by atoms with Crippen LogP contribution in [0.3, 0.4) is 0 Å². The molecule has 3 heterocycles. The molecular formula is C21H19FN6O2. The Morgan fingerprint density at radius 1 is 1.43 bits per heavy atom. The van der Waals surface area contributed by atoms with Gasteiger partial charge in [0.1, 0.15) is 23.7 Å². The molecule has 0 saturated carbocycles. The number of benzene rings is 1. The molecule has 1 amide bonds. The molecule has 9 heteroatoms. The number of amides is 1. The SMILES string of the molecule is [2H]C([2H])([2H])n1nc2c(c1C#N)-c1cnc(N)c(c1)O[C@H](C)c1cc(F)ccc1C(=O)N(C)C2. The van der Waals surface area contributed by atoms with Crippen LogP contribution in [0.2, 0.25) is 0 Å². The minimum Gasteiger partial charge on any atom is -0.482 e. The number of hydrogen-bond donors (Lipinski definition) is 1. The minimum absolute atomic E-state index is 0.0346. The Morgan fingerprint density at radius 3 is 2.97 bits per heavy atom. The molecule has 2 bridgehead atoms. The van der Waals surface area contributed by atoms with Gasteiger partial charge in [0.15, 0.2) is 11.6 Å². The maximum Gasteiger partial charge on any atom is 0.254 e. The zero-order chi connectivity index (χ0) is 24.1. The molecule has 1 aliphatic heterocycles. The number of aryl methyl sites for hydroxylation is 1. The molecule has 1 atom stereocenters. The Bertz CT molecular complexity index is 1310. The average molecular weight is 409 g/mol. The highest BCUT2D eigenvalue weighted by Crippen LogP contribution is 2.35. The third-order valence-electron chi connectivity index (χ3n) is 4.95. The summed E-state index contributed by atoms with van der Waals surface area (Å²) >= 11 is 0. The van der Waals surface area contributed by atoms with E-state index in [0.29, 0.717) is 15.8 Å². The fourth-order valence-electron chi connectivity index (χ4n) is 3.49.